The Bertz CT molecular complexity index is 928. The molecular formula is C22H31N5O4. The number of benzene rings is 1. The summed E-state index contributed by atoms with van der Waals surface area (Å²) in [5.74, 6) is -1.71. The van der Waals surface area contributed by atoms with E-state index < -0.39 is 24.1 Å². The number of aliphatic carboxylic acids is 1. The molecule has 1 aliphatic rings. The molecule has 0 bridgehead atoms. The van der Waals surface area contributed by atoms with Crippen LogP contribution in [-0.2, 0) is 20.8 Å². The van der Waals surface area contributed by atoms with Gasteiger partial charge < -0.3 is 31.8 Å². The number of H-pyrrole nitrogens is 1. The number of nitrogens with zero attached hydrogens (tertiary/aromatic N) is 1. The topological polar surface area (TPSA) is 155 Å². The normalized spacial score (nSPS) is 18.1. The number of likely N-dealkylation sites (tertiary alicyclic amines) is 1. The smallest absolute Gasteiger partial charge is 0.326 e. The minimum atomic E-state index is -1.02. The molecule has 7 N–H and O–H groups in total. The number of hydrogen-bond acceptors (Lipinski definition) is 5. The van der Waals surface area contributed by atoms with Crippen molar-refractivity contribution in [1.82, 2.24) is 15.2 Å². The van der Waals surface area contributed by atoms with Gasteiger partial charge in [0.2, 0.25) is 11.8 Å². The van der Waals surface area contributed by atoms with E-state index in [-0.39, 0.29) is 18.2 Å². The van der Waals surface area contributed by atoms with Crippen LogP contribution in [0.1, 0.15) is 37.7 Å². The minimum absolute atomic E-state index is 0.0638. The SMILES string of the molecule is NCCC[C@H](NC(=O)C[C@@H](N)Cc1c[nH]c2ccccc12)C(=O)N1CCC[C@H]1C(=O)O. The van der Waals surface area contributed by atoms with E-state index >= 15 is 0 Å². The lowest BCUT2D eigenvalue weighted by Gasteiger charge is -2.27. The molecule has 0 unspecified atom stereocenters. The molecule has 2 aromatic rings. The molecule has 1 aliphatic heterocycles. The molecule has 2 amide bonds. The van der Waals surface area contributed by atoms with Gasteiger partial charge in [-0.2, -0.15) is 0 Å². The zero-order chi connectivity index (χ0) is 22.4. The van der Waals surface area contributed by atoms with Gasteiger partial charge in [0.1, 0.15) is 12.1 Å². The van der Waals surface area contributed by atoms with Crippen molar-refractivity contribution in [2.75, 3.05) is 13.1 Å². The van der Waals surface area contributed by atoms with Crippen LogP contribution in [0.3, 0.4) is 0 Å². The standard InChI is InChI=1S/C22H31N5O4/c23-9-3-7-18(21(29)27-10-4-8-19(27)22(30)31)26-20(28)12-15(24)11-14-13-25-17-6-2-1-5-16(14)17/h1-2,5-6,13,15,18-19,25H,3-4,7-12,23-24H2,(H,26,28)(H,30,31)/t15-,18-,19-/m0/s1. The van der Waals surface area contributed by atoms with Gasteiger partial charge in [0.05, 0.1) is 0 Å². The Hall–Kier alpha value is -2.91. The van der Waals surface area contributed by atoms with Crippen LogP contribution in [0.5, 0.6) is 0 Å². The van der Waals surface area contributed by atoms with E-state index in [1.54, 1.807) is 0 Å². The molecule has 0 radical (unpaired) electrons. The zero-order valence-corrected chi connectivity index (χ0v) is 17.5. The fourth-order valence-corrected chi connectivity index (χ4v) is 4.21. The van der Waals surface area contributed by atoms with Crippen molar-refractivity contribution in [3.8, 4) is 0 Å². The summed E-state index contributed by atoms with van der Waals surface area (Å²) in [6.07, 6.45) is 4.45. The number of para-hydroxylation sites is 1. The number of nitrogens with two attached hydrogens (primary N) is 2. The minimum Gasteiger partial charge on any atom is -0.480 e. The number of carbonyl (C=O) groups excluding carboxylic acids is 2. The second-order valence-electron chi connectivity index (χ2n) is 8.11. The molecule has 168 valence electrons. The lowest BCUT2D eigenvalue weighted by Crippen LogP contribution is -2.52. The lowest BCUT2D eigenvalue weighted by molar-refractivity contribution is -0.149. The third kappa shape index (κ3) is 5.62. The van der Waals surface area contributed by atoms with Gasteiger partial charge >= 0.3 is 5.97 Å². The molecule has 1 aromatic carbocycles. The van der Waals surface area contributed by atoms with Gasteiger partial charge in [0.15, 0.2) is 0 Å². The van der Waals surface area contributed by atoms with Crippen LogP contribution >= 0.6 is 0 Å². The molecule has 31 heavy (non-hydrogen) atoms. The first kappa shape index (κ1) is 22.8. The number of carboxylic acid groups (broad SMARTS) is 1. The van der Waals surface area contributed by atoms with E-state index in [1.165, 1.54) is 4.90 Å². The van der Waals surface area contributed by atoms with E-state index in [4.69, 9.17) is 11.5 Å². The Kier molecular flexibility index (Phi) is 7.64. The molecule has 2 heterocycles. The molecule has 9 heteroatoms. The van der Waals surface area contributed by atoms with Crippen molar-refractivity contribution in [2.24, 2.45) is 11.5 Å². The Labute approximate surface area is 181 Å². The molecule has 1 saturated heterocycles. The molecule has 1 aromatic heterocycles. The number of amides is 2. The van der Waals surface area contributed by atoms with Crippen LogP contribution < -0.4 is 16.8 Å². The second-order valence-corrected chi connectivity index (χ2v) is 8.11. The summed E-state index contributed by atoms with van der Waals surface area (Å²) in [7, 11) is 0. The summed E-state index contributed by atoms with van der Waals surface area (Å²) in [6.45, 7) is 0.757. The van der Waals surface area contributed by atoms with Gasteiger partial charge in [-0.3, -0.25) is 9.59 Å². The van der Waals surface area contributed by atoms with Crippen LogP contribution in [0.25, 0.3) is 10.9 Å². The van der Waals surface area contributed by atoms with Crippen LogP contribution in [-0.4, -0.2) is 64.0 Å². The maximum absolute atomic E-state index is 13.0. The third-order valence-electron chi connectivity index (χ3n) is 5.76. The van der Waals surface area contributed by atoms with Crippen LogP contribution in [0.4, 0.5) is 0 Å². The van der Waals surface area contributed by atoms with Crippen molar-refractivity contribution in [3.05, 3.63) is 36.0 Å². The Balaban J connectivity index is 1.60. The number of nitrogens with one attached hydrogen (secondary N) is 2. The molecule has 0 spiro atoms. The number of carbonyl (C=O) groups is 3. The fraction of sp³-hybridized carbons (Fsp3) is 0.500. The zero-order valence-electron chi connectivity index (χ0n) is 17.5. The highest BCUT2D eigenvalue weighted by Gasteiger charge is 2.37. The number of aromatic amines is 1. The molecule has 0 saturated carbocycles. The van der Waals surface area contributed by atoms with Gasteiger partial charge in [0, 0.05) is 36.1 Å². The average molecular weight is 430 g/mol. The van der Waals surface area contributed by atoms with Gasteiger partial charge in [-0.05, 0) is 50.3 Å². The van der Waals surface area contributed by atoms with Gasteiger partial charge in [-0.1, -0.05) is 18.2 Å². The average Bonchev–Trinajstić information content (AvgIpc) is 3.38. The van der Waals surface area contributed by atoms with E-state index in [0.717, 1.165) is 16.5 Å². The van der Waals surface area contributed by atoms with Gasteiger partial charge in [-0.15, -0.1) is 0 Å². The first-order chi connectivity index (χ1) is 14.9. The Morgan fingerprint density at radius 3 is 2.81 bits per heavy atom. The van der Waals surface area contributed by atoms with Crippen molar-refractivity contribution < 1.29 is 19.5 Å². The highest BCUT2D eigenvalue weighted by Crippen LogP contribution is 2.21. The first-order valence-corrected chi connectivity index (χ1v) is 10.7. The summed E-state index contributed by atoms with van der Waals surface area (Å²) in [5.41, 5.74) is 13.9. The highest BCUT2D eigenvalue weighted by molar-refractivity contribution is 5.91. The van der Waals surface area contributed by atoms with Gasteiger partial charge in [-0.25, -0.2) is 4.79 Å². The van der Waals surface area contributed by atoms with Gasteiger partial charge in [0.25, 0.3) is 0 Å². The number of carboxylic acids is 1. The Morgan fingerprint density at radius 1 is 1.29 bits per heavy atom. The van der Waals surface area contributed by atoms with E-state index in [0.29, 0.717) is 45.2 Å². The first-order valence-electron chi connectivity index (χ1n) is 10.7. The molecule has 0 aliphatic carbocycles. The quantitative estimate of drug-likeness (QED) is 0.375. The predicted octanol–water partition coefficient (Wildman–Crippen LogP) is 0.727. The number of aromatic nitrogens is 1. The second kappa shape index (κ2) is 10.4. The Morgan fingerprint density at radius 2 is 2.06 bits per heavy atom. The van der Waals surface area contributed by atoms with Crippen molar-refractivity contribution in [2.45, 2.75) is 56.7 Å². The van der Waals surface area contributed by atoms with Crippen LogP contribution in [0.15, 0.2) is 30.5 Å². The van der Waals surface area contributed by atoms with E-state index in [1.807, 2.05) is 30.5 Å². The number of fused-ring (bicyclic) bond motifs is 1. The molecule has 9 nitrogen and oxygen atoms in total. The molecule has 3 atom stereocenters. The maximum atomic E-state index is 13.0. The summed E-state index contributed by atoms with van der Waals surface area (Å²) >= 11 is 0. The van der Waals surface area contributed by atoms with Crippen molar-refractivity contribution in [3.63, 3.8) is 0 Å². The molecular weight excluding hydrogens is 398 g/mol. The third-order valence-corrected chi connectivity index (χ3v) is 5.76. The number of hydrogen-bond donors (Lipinski definition) is 5. The van der Waals surface area contributed by atoms with Crippen LogP contribution in [0.2, 0.25) is 0 Å². The molecule has 1 fully saturated rings. The van der Waals surface area contributed by atoms with Crippen LogP contribution in [0, 0.1) is 0 Å². The summed E-state index contributed by atoms with van der Waals surface area (Å²) in [6, 6.07) is 5.84. The van der Waals surface area contributed by atoms with Crippen molar-refractivity contribution >= 4 is 28.7 Å². The highest BCUT2D eigenvalue weighted by atomic mass is 16.4. The summed E-state index contributed by atoms with van der Waals surface area (Å²) in [4.78, 5) is 41.6. The van der Waals surface area contributed by atoms with E-state index in [9.17, 15) is 19.5 Å². The monoisotopic (exact) mass is 429 g/mol. The predicted molar refractivity (Wildman–Crippen MR) is 117 cm³/mol. The summed E-state index contributed by atoms with van der Waals surface area (Å²) < 4.78 is 0. The lowest BCUT2D eigenvalue weighted by atomic mass is 10.0. The van der Waals surface area contributed by atoms with Crippen molar-refractivity contribution in [1.29, 1.82) is 0 Å². The largest absolute Gasteiger partial charge is 0.480 e. The summed E-state index contributed by atoms with van der Waals surface area (Å²) in [5, 5.41) is 13.2. The maximum Gasteiger partial charge on any atom is 0.326 e. The molecule has 3 rings (SSSR count). The number of rotatable bonds is 10. The fourth-order valence-electron chi connectivity index (χ4n) is 4.21. The van der Waals surface area contributed by atoms with E-state index in [2.05, 4.69) is 10.3 Å².